The van der Waals surface area contributed by atoms with Crippen LogP contribution in [-0.4, -0.2) is 49.2 Å². The lowest BCUT2D eigenvalue weighted by Crippen LogP contribution is -2.46. The zero-order valence-corrected chi connectivity index (χ0v) is 16.3. The summed E-state index contributed by atoms with van der Waals surface area (Å²) in [7, 11) is 1.60. The van der Waals surface area contributed by atoms with Gasteiger partial charge in [-0.15, -0.1) is 0 Å². The fraction of sp³-hybridized carbons (Fsp3) is 0.227. The smallest absolute Gasteiger partial charge is 0.274 e. The summed E-state index contributed by atoms with van der Waals surface area (Å²) in [5, 5.41) is 2.88. The van der Waals surface area contributed by atoms with Crippen molar-refractivity contribution in [3.63, 3.8) is 0 Å². The maximum Gasteiger partial charge on any atom is 0.274 e. The SMILES string of the molecule is COc1cccc(NC(=O)c2cc(N3CCN(c4ccccn4)CC3)ccn2)c1. The van der Waals surface area contributed by atoms with Crippen LogP contribution in [0.25, 0.3) is 0 Å². The average molecular weight is 389 g/mol. The van der Waals surface area contributed by atoms with Crippen molar-refractivity contribution in [2.75, 3.05) is 48.4 Å². The first-order valence-electron chi connectivity index (χ1n) is 9.55. The van der Waals surface area contributed by atoms with E-state index in [2.05, 4.69) is 25.1 Å². The molecule has 3 heterocycles. The van der Waals surface area contributed by atoms with E-state index >= 15 is 0 Å². The summed E-state index contributed by atoms with van der Waals surface area (Å²) in [6, 6.07) is 17.0. The van der Waals surface area contributed by atoms with Crippen molar-refractivity contribution >= 4 is 23.1 Å². The molecule has 1 amide bonds. The molecular formula is C22H23N5O2. The van der Waals surface area contributed by atoms with E-state index < -0.39 is 0 Å². The third-order valence-corrected chi connectivity index (χ3v) is 4.92. The molecule has 1 aliphatic heterocycles. The molecule has 0 bridgehead atoms. The number of hydrogen-bond acceptors (Lipinski definition) is 6. The minimum absolute atomic E-state index is 0.243. The molecular weight excluding hydrogens is 366 g/mol. The Morgan fingerprint density at radius 1 is 0.931 bits per heavy atom. The lowest BCUT2D eigenvalue weighted by molar-refractivity contribution is 0.102. The number of aromatic nitrogens is 2. The summed E-state index contributed by atoms with van der Waals surface area (Å²) >= 11 is 0. The quantitative estimate of drug-likeness (QED) is 0.723. The molecule has 2 aromatic heterocycles. The van der Waals surface area contributed by atoms with Gasteiger partial charge in [-0.1, -0.05) is 12.1 Å². The monoisotopic (exact) mass is 389 g/mol. The van der Waals surface area contributed by atoms with Gasteiger partial charge in [0.1, 0.15) is 17.3 Å². The molecule has 0 unspecified atom stereocenters. The second-order valence-corrected chi connectivity index (χ2v) is 6.75. The number of rotatable bonds is 5. The van der Waals surface area contributed by atoms with E-state index in [1.807, 2.05) is 54.7 Å². The van der Waals surface area contributed by atoms with E-state index in [9.17, 15) is 4.79 Å². The molecule has 0 saturated carbocycles. The molecule has 1 saturated heterocycles. The Bertz CT molecular complexity index is 972. The highest BCUT2D eigenvalue weighted by Crippen LogP contribution is 2.21. The number of methoxy groups -OCH3 is 1. The lowest BCUT2D eigenvalue weighted by Gasteiger charge is -2.36. The highest BCUT2D eigenvalue weighted by atomic mass is 16.5. The molecule has 0 aliphatic carbocycles. The van der Waals surface area contributed by atoms with Gasteiger partial charge in [-0.2, -0.15) is 0 Å². The summed E-state index contributed by atoms with van der Waals surface area (Å²) in [4.78, 5) is 25.8. The number of nitrogens with zero attached hydrogens (tertiary/aromatic N) is 4. The van der Waals surface area contributed by atoms with Gasteiger partial charge in [0.25, 0.3) is 5.91 Å². The van der Waals surface area contributed by atoms with Crippen molar-refractivity contribution in [2.45, 2.75) is 0 Å². The number of carbonyl (C=O) groups is 1. The molecule has 4 rings (SSSR count). The van der Waals surface area contributed by atoms with E-state index in [-0.39, 0.29) is 5.91 Å². The van der Waals surface area contributed by atoms with Crippen molar-refractivity contribution in [1.82, 2.24) is 9.97 Å². The number of carbonyl (C=O) groups excluding carboxylic acids is 1. The predicted molar refractivity (Wildman–Crippen MR) is 114 cm³/mol. The molecule has 29 heavy (non-hydrogen) atoms. The normalized spacial score (nSPS) is 13.8. The Morgan fingerprint density at radius 3 is 2.52 bits per heavy atom. The Labute approximate surface area is 170 Å². The molecule has 148 valence electrons. The van der Waals surface area contributed by atoms with E-state index in [1.54, 1.807) is 19.4 Å². The molecule has 0 atom stereocenters. The summed E-state index contributed by atoms with van der Waals surface area (Å²) in [6.45, 7) is 3.48. The van der Waals surface area contributed by atoms with Gasteiger partial charge in [-0.3, -0.25) is 9.78 Å². The van der Waals surface area contributed by atoms with Crippen LogP contribution in [0.4, 0.5) is 17.2 Å². The van der Waals surface area contributed by atoms with Crippen molar-refractivity contribution < 1.29 is 9.53 Å². The van der Waals surface area contributed by atoms with Crippen LogP contribution in [0.1, 0.15) is 10.5 Å². The van der Waals surface area contributed by atoms with Crippen LogP contribution in [0, 0.1) is 0 Å². The predicted octanol–water partition coefficient (Wildman–Crippen LogP) is 3.06. The highest BCUT2D eigenvalue weighted by Gasteiger charge is 2.19. The van der Waals surface area contributed by atoms with Crippen LogP contribution < -0.4 is 19.9 Å². The number of anilines is 3. The van der Waals surface area contributed by atoms with Gasteiger partial charge in [0.05, 0.1) is 7.11 Å². The van der Waals surface area contributed by atoms with Gasteiger partial charge in [-0.25, -0.2) is 4.98 Å². The van der Waals surface area contributed by atoms with Crippen molar-refractivity contribution in [2.24, 2.45) is 0 Å². The van der Waals surface area contributed by atoms with Crippen molar-refractivity contribution in [3.8, 4) is 5.75 Å². The Kier molecular flexibility index (Phi) is 5.56. The van der Waals surface area contributed by atoms with Gasteiger partial charge in [0.15, 0.2) is 0 Å². The van der Waals surface area contributed by atoms with Crippen LogP contribution >= 0.6 is 0 Å². The first-order valence-corrected chi connectivity index (χ1v) is 9.55. The van der Waals surface area contributed by atoms with Gasteiger partial charge in [0.2, 0.25) is 0 Å². The van der Waals surface area contributed by atoms with Gasteiger partial charge in [-0.05, 0) is 36.4 Å². The molecule has 7 nitrogen and oxygen atoms in total. The fourth-order valence-electron chi connectivity index (χ4n) is 3.37. The molecule has 0 spiro atoms. The lowest BCUT2D eigenvalue weighted by atomic mass is 10.2. The number of ether oxygens (including phenoxy) is 1. The summed E-state index contributed by atoms with van der Waals surface area (Å²) in [5.74, 6) is 1.45. The van der Waals surface area contributed by atoms with Gasteiger partial charge >= 0.3 is 0 Å². The fourth-order valence-corrected chi connectivity index (χ4v) is 3.37. The van der Waals surface area contributed by atoms with Crippen LogP contribution in [-0.2, 0) is 0 Å². The van der Waals surface area contributed by atoms with E-state index in [0.717, 1.165) is 37.7 Å². The van der Waals surface area contributed by atoms with E-state index in [0.29, 0.717) is 17.1 Å². The van der Waals surface area contributed by atoms with E-state index in [1.165, 1.54) is 0 Å². The van der Waals surface area contributed by atoms with E-state index in [4.69, 9.17) is 4.74 Å². The third kappa shape index (κ3) is 4.45. The van der Waals surface area contributed by atoms with Crippen molar-refractivity contribution in [3.05, 3.63) is 72.7 Å². The molecule has 1 aromatic carbocycles. The molecule has 0 radical (unpaired) electrons. The number of nitrogens with one attached hydrogen (secondary N) is 1. The molecule has 1 aliphatic rings. The molecule has 3 aromatic rings. The Hall–Kier alpha value is -3.61. The second kappa shape index (κ2) is 8.60. The largest absolute Gasteiger partial charge is 0.497 e. The van der Waals surface area contributed by atoms with Crippen LogP contribution in [0.15, 0.2) is 67.0 Å². The maximum absolute atomic E-state index is 12.6. The summed E-state index contributed by atoms with van der Waals surface area (Å²) < 4.78 is 5.20. The van der Waals surface area contributed by atoms with Gasteiger partial charge in [0, 0.05) is 56.0 Å². The standard InChI is InChI=1S/C22H23N5O2/c1-29-19-6-4-5-17(15-19)25-22(28)20-16-18(8-10-23-20)26-11-13-27(14-12-26)21-7-2-3-9-24-21/h2-10,15-16H,11-14H2,1H3,(H,25,28). The minimum atomic E-state index is -0.243. The number of benzene rings is 1. The zero-order valence-electron chi connectivity index (χ0n) is 16.3. The number of amides is 1. The Balaban J connectivity index is 1.41. The first-order chi connectivity index (χ1) is 14.2. The van der Waals surface area contributed by atoms with Crippen molar-refractivity contribution in [1.29, 1.82) is 0 Å². The average Bonchev–Trinajstić information content (AvgIpc) is 2.80. The third-order valence-electron chi connectivity index (χ3n) is 4.92. The van der Waals surface area contributed by atoms with Crippen LogP contribution in [0.3, 0.4) is 0 Å². The zero-order chi connectivity index (χ0) is 20.1. The highest BCUT2D eigenvalue weighted by molar-refractivity contribution is 6.03. The molecule has 7 heteroatoms. The number of hydrogen-bond donors (Lipinski definition) is 1. The minimum Gasteiger partial charge on any atom is -0.497 e. The van der Waals surface area contributed by atoms with Crippen LogP contribution in [0.2, 0.25) is 0 Å². The number of pyridine rings is 2. The second-order valence-electron chi connectivity index (χ2n) is 6.75. The molecule has 1 fully saturated rings. The number of piperazine rings is 1. The maximum atomic E-state index is 12.6. The summed E-state index contributed by atoms with van der Waals surface area (Å²) in [5.41, 5.74) is 2.06. The topological polar surface area (TPSA) is 70.6 Å². The van der Waals surface area contributed by atoms with Crippen LogP contribution in [0.5, 0.6) is 5.75 Å². The first kappa shape index (κ1) is 18.7. The summed E-state index contributed by atoms with van der Waals surface area (Å²) in [6.07, 6.45) is 3.50. The van der Waals surface area contributed by atoms with Gasteiger partial charge < -0.3 is 19.9 Å². The molecule has 1 N–H and O–H groups in total. The Morgan fingerprint density at radius 2 is 1.76 bits per heavy atom.